The van der Waals surface area contributed by atoms with Gasteiger partial charge >= 0.3 is 0 Å². The molecule has 0 spiro atoms. The molecular formula is C16H24N4S. The van der Waals surface area contributed by atoms with E-state index in [0.717, 1.165) is 17.1 Å². The van der Waals surface area contributed by atoms with Crippen molar-refractivity contribution in [3.8, 4) is 10.6 Å². The smallest absolute Gasteiger partial charge is 0.127 e. The number of thiazole rings is 1. The number of nitrogens with one attached hydrogen (secondary N) is 1. The fourth-order valence-electron chi connectivity index (χ4n) is 3.01. The first-order chi connectivity index (χ1) is 9.90. The number of hydrogen-bond acceptors (Lipinski definition) is 4. The van der Waals surface area contributed by atoms with Gasteiger partial charge < -0.3 is 5.32 Å². The van der Waals surface area contributed by atoms with Crippen LogP contribution < -0.4 is 5.32 Å². The molecule has 2 aromatic heterocycles. The maximum absolute atomic E-state index is 4.96. The van der Waals surface area contributed by atoms with E-state index in [1.54, 1.807) is 0 Å². The highest BCUT2D eigenvalue weighted by Crippen LogP contribution is 2.39. The highest BCUT2D eigenvalue weighted by molar-refractivity contribution is 7.15. The fraction of sp³-hybridized carbons (Fsp3) is 0.625. The number of nitrogens with zero attached hydrogens (tertiary/aromatic N) is 3. The second kappa shape index (κ2) is 5.21. The Kier molecular flexibility index (Phi) is 3.66. The molecule has 1 N–H and O–H groups in total. The number of aromatic nitrogens is 3. The van der Waals surface area contributed by atoms with Crippen LogP contribution in [0.2, 0.25) is 0 Å². The average molecular weight is 304 g/mol. The summed E-state index contributed by atoms with van der Waals surface area (Å²) >= 11 is 1.85. The molecule has 0 aromatic carbocycles. The van der Waals surface area contributed by atoms with E-state index in [1.807, 2.05) is 30.1 Å². The predicted octanol–water partition coefficient (Wildman–Crippen LogP) is 3.44. The van der Waals surface area contributed by atoms with Crippen LogP contribution in [-0.2, 0) is 18.9 Å². The van der Waals surface area contributed by atoms with Gasteiger partial charge in [-0.2, -0.15) is 5.10 Å². The lowest BCUT2D eigenvalue weighted by molar-refractivity contribution is 0.490. The Morgan fingerprint density at radius 3 is 2.81 bits per heavy atom. The van der Waals surface area contributed by atoms with Crippen LogP contribution in [0.4, 0.5) is 0 Å². The van der Waals surface area contributed by atoms with Gasteiger partial charge in [0.25, 0.3) is 0 Å². The lowest BCUT2D eigenvalue weighted by Gasteiger charge is -2.19. The van der Waals surface area contributed by atoms with Gasteiger partial charge in [0.05, 0.1) is 23.0 Å². The quantitative estimate of drug-likeness (QED) is 0.924. The van der Waals surface area contributed by atoms with Gasteiger partial charge in [0.15, 0.2) is 0 Å². The molecule has 1 aliphatic carbocycles. The molecule has 1 atom stereocenters. The molecule has 0 amide bonds. The summed E-state index contributed by atoms with van der Waals surface area (Å²) in [5.41, 5.74) is 3.62. The van der Waals surface area contributed by atoms with Gasteiger partial charge in [0.1, 0.15) is 5.01 Å². The standard InChI is InChI=1S/C16H24N4S/c1-16(2,3)14-10(9-20(5)19-14)15-18-13-11(17-4)7-6-8-12(13)21-15/h9,11,17H,6-8H2,1-5H3. The molecule has 4 nitrogen and oxygen atoms in total. The van der Waals surface area contributed by atoms with Gasteiger partial charge in [-0.15, -0.1) is 11.3 Å². The molecule has 1 aliphatic rings. The van der Waals surface area contributed by atoms with Crippen molar-refractivity contribution in [1.82, 2.24) is 20.1 Å². The molecule has 2 heterocycles. The van der Waals surface area contributed by atoms with E-state index in [2.05, 4.69) is 37.4 Å². The van der Waals surface area contributed by atoms with E-state index in [1.165, 1.54) is 29.0 Å². The first-order valence-electron chi connectivity index (χ1n) is 7.61. The molecule has 5 heteroatoms. The Morgan fingerprint density at radius 1 is 1.38 bits per heavy atom. The summed E-state index contributed by atoms with van der Waals surface area (Å²) in [6, 6.07) is 0.411. The summed E-state index contributed by atoms with van der Waals surface area (Å²) in [7, 11) is 4.02. The van der Waals surface area contributed by atoms with Gasteiger partial charge in [-0.05, 0) is 26.3 Å². The van der Waals surface area contributed by atoms with E-state index in [-0.39, 0.29) is 5.41 Å². The summed E-state index contributed by atoms with van der Waals surface area (Å²) in [6.07, 6.45) is 5.71. The maximum atomic E-state index is 4.96. The van der Waals surface area contributed by atoms with Crippen LogP contribution >= 0.6 is 11.3 Å². The number of rotatable bonds is 2. The molecule has 114 valence electrons. The summed E-state index contributed by atoms with van der Waals surface area (Å²) in [4.78, 5) is 6.41. The average Bonchev–Trinajstić information content (AvgIpc) is 3.00. The minimum absolute atomic E-state index is 0.0329. The van der Waals surface area contributed by atoms with Gasteiger partial charge in [0, 0.05) is 23.5 Å². The molecule has 2 aromatic rings. The van der Waals surface area contributed by atoms with Crippen molar-refractivity contribution in [1.29, 1.82) is 0 Å². The predicted molar refractivity (Wildman–Crippen MR) is 87.8 cm³/mol. The summed E-state index contributed by atoms with van der Waals surface area (Å²) in [5, 5.41) is 9.19. The summed E-state index contributed by atoms with van der Waals surface area (Å²) < 4.78 is 1.91. The Bertz CT molecular complexity index is 648. The first-order valence-corrected chi connectivity index (χ1v) is 8.43. The Hall–Kier alpha value is -1.20. The number of aryl methyl sites for hydroxylation is 2. The summed E-state index contributed by atoms with van der Waals surface area (Å²) in [5.74, 6) is 0. The van der Waals surface area contributed by atoms with Crippen LogP contribution in [-0.4, -0.2) is 21.8 Å². The summed E-state index contributed by atoms with van der Waals surface area (Å²) in [6.45, 7) is 6.63. The van der Waals surface area contributed by atoms with Crippen molar-refractivity contribution in [2.45, 2.75) is 51.5 Å². The van der Waals surface area contributed by atoms with E-state index < -0.39 is 0 Å². The third kappa shape index (κ3) is 2.64. The van der Waals surface area contributed by atoms with Crippen LogP contribution in [0.3, 0.4) is 0 Å². The van der Waals surface area contributed by atoms with E-state index in [9.17, 15) is 0 Å². The lowest BCUT2D eigenvalue weighted by atomic mass is 9.90. The second-order valence-corrected chi connectivity index (χ2v) is 7.96. The largest absolute Gasteiger partial charge is 0.312 e. The third-order valence-electron chi connectivity index (χ3n) is 4.07. The van der Waals surface area contributed by atoms with Gasteiger partial charge in [0.2, 0.25) is 0 Å². The van der Waals surface area contributed by atoms with Crippen LogP contribution in [0.15, 0.2) is 6.20 Å². The molecule has 0 fully saturated rings. The highest BCUT2D eigenvalue weighted by atomic mass is 32.1. The minimum atomic E-state index is 0.0329. The third-order valence-corrected chi connectivity index (χ3v) is 5.24. The lowest BCUT2D eigenvalue weighted by Crippen LogP contribution is -2.21. The van der Waals surface area contributed by atoms with Gasteiger partial charge in [-0.25, -0.2) is 4.98 Å². The molecule has 0 saturated carbocycles. The fourth-order valence-corrected chi connectivity index (χ4v) is 4.19. The Morgan fingerprint density at radius 2 is 2.14 bits per heavy atom. The first kappa shape index (κ1) is 14.7. The molecule has 0 radical (unpaired) electrons. The maximum Gasteiger partial charge on any atom is 0.127 e. The topological polar surface area (TPSA) is 42.7 Å². The van der Waals surface area contributed by atoms with Gasteiger partial charge in [-0.3, -0.25) is 4.68 Å². The van der Waals surface area contributed by atoms with Crippen LogP contribution in [0, 0.1) is 0 Å². The Labute approximate surface area is 130 Å². The van der Waals surface area contributed by atoms with Gasteiger partial charge in [-0.1, -0.05) is 20.8 Å². The normalized spacial score (nSPS) is 18.8. The highest BCUT2D eigenvalue weighted by Gasteiger charge is 2.28. The van der Waals surface area contributed by atoms with E-state index in [0.29, 0.717) is 6.04 Å². The zero-order valence-electron chi connectivity index (χ0n) is 13.5. The van der Waals surface area contributed by atoms with Crippen LogP contribution in [0.25, 0.3) is 10.6 Å². The van der Waals surface area contributed by atoms with Crippen LogP contribution in [0.5, 0.6) is 0 Å². The van der Waals surface area contributed by atoms with Crippen molar-refractivity contribution < 1.29 is 0 Å². The zero-order valence-corrected chi connectivity index (χ0v) is 14.3. The number of hydrogen-bond donors (Lipinski definition) is 1. The van der Waals surface area contributed by atoms with Crippen molar-refractivity contribution in [2.75, 3.05) is 7.05 Å². The minimum Gasteiger partial charge on any atom is -0.312 e. The molecular weight excluding hydrogens is 280 g/mol. The van der Waals surface area contributed by atoms with Crippen molar-refractivity contribution in [3.05, 3.63) is 22.5 Å². The van der Waals surface area contributed by atoms with Crippen molar-refractivity contribution in [3.63, 3.8) is 0 Å². The Balaban J connectivity index is 2.08. The molecule has 0 aliphatic heterocycles. The number of fused-ring (bicyclic) bond motifs is 1. The van der Waals surface area contributed by atoms with Crippen molar-refractivity contribution in [2.24, 2.45) is 7.05 Å². The molecule has 1 unspecified atom stereocenters. The molecule has 3 rings (SSSR count). The van der Waals surface area contributed by atoms with Crippen molar-refractivity contribution >= 4 is 11.3 Å². The molecule has 21 heavy (non-hydrogen) atoms. The SMILES string of the molecule is CNC1CCCc2sc(-c3cn(C)nc3C(C)(C)C)nc21. The van der Waals surface area contributed by atoms with E-state index >= 15 is 0 Å². The van der Waals surface area contributed by atoms with E-state index in [4.69, 9.17) is 4.98 Å². The molecule has 0 saturated heterocycles. The second-order valence-electron chi connectivity index (χ2n) is 6.88. The zero-order chi connectivity index (χ0) is 15.2. The molecule has 0 bridgehead atoms. The monoisotopic (exact) mass is 304 g/mol. The van der Waals surface area contributed by atoms with Crippen LogP contribution in [0.1, 0.15) is 55.9 Å².